The number of pyridine rings is 1. The van der Waals surface area contributed by atoms with Crippen molar-refractivity contribution in [3.8, 4) is 0 Å². The molecular formula is C13H16ClN3O3S. The summed E-state index contributed by atoms with van der Waals surface area (Å²) in [5.41, 5.74) is 0.521. The lowest BCUT2D eigenvalue weighted by atomic mass is 10.1. The zero-order chi connectivity index (χ0) is 15.0. The molecule has 0 bridgehead atoms. The number of imidazole rings is 1. The summed E-state index contributed by atoms with van der Waals surface area (Å²) in [4.78, 5) is 4.10. The van der Waals surface area contributed by atoms with Gasteiger partial charge in [-0.2, -0.15) is 4.31 Å². The zero-order valence-electron chi connectivity index (χ0n) is 11.6. The van der Waals surface area contributed by atoms with Crippen LogP contribution in [-0.4, -0.2) is 48.4 Å². The van der Waals surface area contributed by atoms with E-state index in [1.807, 2.05) is 0 Å². The second kappa shape index (κ2) is 5.57. The molecule has 1 aliphatic rings. The quantitative estimate of drug-likeness (QED) is 0.861. The predicted octanol–water partition coefficient (Wildman–Crippen LogP) is 1.79. The molecule has 3 rings (SSSR count). The molecule has 1 saturated heterocycles. The molecule has 0 spiro atoms. The Labute approximate surface area is 128 Å². The van der Waals surface area contributed by atoms with E-state index in [9.17, 15) is 8.42 Å². The summed E-state index contributed by atoms with van der Waals surface area (Å²) in [6.07, 6.45) is 3.14. The van der Waals surface area contributed by atoms with Gasteiger partial charge in [-0.05, 0) is 25.0 Å². The number of nitrogens with zero attached hydrogens (tertiary/aromatic N) is 3. The highest BCUT2D eigenvalue weighted by Gasteiger charge is 2.33. The van der Waals surface area contributed by atoms with Gasteiger partial charge in [-0.3, -0.25) is 4.40 Å². The number of fused-ring (bicyclic) bond motifs is 1. The molecule has 0 unspecified atom stereocenters. The van der Waals surface area contributed by atoms with Gasteiger partial charge >= 0.3 is 0 Å². The van der Waals surface area contributed by atoms with Gasteiger partial charge in [-0.15, -0.1) is 0 Å². The number of hydrogen-bond donors (Lipinski definition) is 0. The van der Waals surface area contributed by atoms with Gasteiger partial charge in [0.1, 0.15) is 5.65 Å². The van der Waals surface area contributed by atoms with E-state index in [2.05, 4.69) is 4.98 Å². The first kappa shape index (κ1) is 14.8. The lowest BCUT2D eigenvalue weighted by Gasteiger charge is -2.30. The van der Waals surface area contributed by atoms with Crippen LogP contribution in [0.4, 0.5) is 0 Å². The van der Waals surface area contributed by atoms with E-state index < -0.39 is 10.0 Å². The van der Waals surface area contributed by atoms with Gasteiger partial charge in [0.05, 0.1) is 6.10 Å². The van der Waals surface area contributed by atoms with E-state index in [0.29, 0.717) is 31.6 Å². The molecule has 0 atom stereocenters. The monoisotopic (exact) mass is 329 g/mol. The molecule has 3 heterocycles. The van der Waals surface area contributed by atoms with E-state index in [-0.39, 0.29) is 16.3 Å². The van der Waals surface area contributed by atoms with Crippen molar-refractivity contribution in [3.63, 3.8) is 0 Å². The summed E-state index contributed by atoms with van der Waals surface area (Å²) in [7, 11) is -2.01. The third kappa shape index (κ3) is 2.55. The number of methoxy groups -OCH3 is 1. The smallest absolute Gasteiger partial charge is 0.262 e. The Kier molecular flexibility index (Phi) is 3.92. The maximum Gasteiger partial charge on any atom is 0.262 e. The fourth-order valence-corrected chi connectivity index (χ4v) is 4.67. The minimum absolute atomic E-state index is 0.00932. The molecule has 0 saturated carbocycles. The van der Waals surface area contributed by atoms with Gasteiger partial charge in [-0.1, -0.05) is 17.7 Å². The minimum atomic E-state index is -3.66. The van der Waals surface area contributed by atoms with Crippen LogP contribution < -0.4 is 0 Å². The Hall–Kier alpha value is -1.15. The Balaban J connectivity index is 1.99. The lowest BCUT2D eigenvalue weighted by molar-refractivity contribution is 0.0604. The minimum Gasteiger partial charge on any atom is -0.381 e. The Bertz CT molecular complexity index is 751. The number of sulfonamides is 1. The topological polar surface area (TPSA) is 63.9 Å². The summed E-state index contributed by atoms with van der Waals surface area (Å²) < 4.78 is 33.9. The standard InChI is InChI=1S/C13H16ClN3O3S/c1-20-10-5-8-16(9-6-10)21(18,19)13-12(14)15-11-4-2-3-7-17(11)13/h2-4,7,10H,5-6,8-9H2,1H3. The average molecular weight is 330 g/mol. The number of aromatic nitrogens is 2. The summed E-state index contributed by atoms with van der Waals surface area (Å²) in [6.45, 7) is 0.856. The SMILES string of the molecule is COC1CCN(S(=O)(=O)c2c(Cl)nc3ccccn23)CC1. The van der Waals surface area contributed by atoms with Gasteiger partial charge in [0, 0.05) is 26.4 Å². The molecule has 0 N–H and O–H groups in total. The first-order chi connectivity index (χ1) is 10.0. The molecule has 21 heavy (non-hydrogen) atoms. The van der Waals surface area contributed by atoms with Crippen LogP contribution in [-0.2, 0) is 14.8 Å². The van der Waals surface area contributed by atoms with Crippen LogP contribution >= 0.6 is 11.6 Å². The highest BCUT2D eigenvalue weighted by molar-refractivity contribution is 7.89. The maximum atomic E-state index is 12.8. The van der Waals surface area contributed by atoms with E-state index in [4.69, 9.17) is 16.3 Å². The van der Waals surface area contributed by atoms with Crippen molar-refractivity contribution in [1.82, 2.24) is 13.7 Å². The highest BCUT2D eigenvalue weighted by Crippen LogP contribution is 2.28. The Morgan fingerprint density at radius 1 is 1.33 bits per heavy atom. The fraction of sp³-hybridized carbons (Fsp3) is 0.462. The molecule has 0 amide bonds. The van der Waals surface area contributed by atoms with Crippen LogP contribution in [0.15, 0.2) is 29.4 Å². The molecule has 114 valence electrons. The third-order valence-corrected chi connectivity index (χ3v) is 6.06. The molecule has 2 aromatic rings. The van der Waals surface area contributed by atoms with Crippen molar-refractivity contribution in [2.45, 2.75) is 24.0 Å². The molecule has 1 fully saturated rings. The second-order valence-electron chi connectivity index (χ2n) is 4.98. The van der Waals surface area contributed by atoms with Gasteiger partial charge < -0.3 is 4.74 Å². The van der Waals surface area contributed by atoms with Crippen LogP contribution in [0.1, 0.15) is 12.8 Å². The maximum absolute atomic E-state index is 12.8. The molecule has 0 radical (unpaired) electrons. The van der Waals surface area contributed by atoms with Gasteiger partial charge in [-0.25, -0.2) is 13.4 Å². The van der Waals surface area contributed by atoms with E-state index >= 15 is 0 Å². The summed E-state index contributed by atoms with van der Waals surface area (Å²) >= 11 is 6.06. The Morgan fingerprint density at radius 2 is 2.05 bits per heavy atom. The van der Waals surface area contributed by atoms with Gasteiger partial charge in [0.2, 0.25) is 0 Å². The van der Waals surface area contributed by atoms with Crippen molar-refractivity contribution >= 4 is 27.3 Å². The third-order valence-electron chi connectivity index (χ3n) is 3.76. The van der Waals surface area contributed by atoms with Crippen molar-refractivity contribution in [1.29, 1.82) is 0 Å². The van der Waals surface area contributed by atoms with Gasteiger partial charge in [0.15, 0.2) is 10.2 Å². The Morgan fingerprint density at radius 3 is 2.71 bits per heavy atom. The second-order valence-corrected chi connectivity index (χ2v) is 7.19. The fourth-order valence-electron chi connectivity index (χ4n) is 2.61. The molecule has 1 aliphatic heterocycles. The molecular weight excluding hydrogens is 314 g/mol. The van der Waals surface area contributed by atoms with Crippen LogP contribution in [0, 0.1) is 0 Å². The molecule has 6 nitrogen and oxygen atoms in total. The van der Waals surface area contributed by atoms with Crippen molar-refractivity contribution in [3.05, 3.63) is 29.5 Å². The number of halogens is 1. The van der Waals surface area contributed by atoms with Crippen molar-refractivity contribution < 1.29 is 13.2 Å². The number of ether oxygens (including phenoxy) is 1. The van der Waals surface area contributed by atoms with E-state index in [0.717, 1.165) is 0 Å². The summed E-state index contributed by atoms with van der Waals surface area (Å²) in [5, 5.41) is 0.0469. The van der Waals surface area contributed by atoms with Crippen molar-refractivity contribution in [2.75, 3.05) is 20.2 Å². The zero-order valence-corrected chi connectivity index (χ0v) is 13.1. The number of rotatable bonds is 3. The molecule has 2 aromatic heterocycles. The van der Waals surface area contributed by atoms with Crippen LogP contribution in [0.5, 0.6) is 0 Å². The lowest BCUT2D eigenvalue weighted by Crippen LogP contribution is -2.41. The first-order valence-corrected chi connectivity index (χ1v) is 8.51. The normalized spacial score (nSPS) is 18.4. The summed E-state index contributed by atoms with van der Waals surface area (Å²) in [6, 6.07) is 5.27. The van der Waals surface area contributed by atoms with Crippen LogP contribution in [0.25, 0.3) is 5.65 Å². The molecule has 8 heteroatoms. The van der Waals surface area contributed by atoms with E-state index in [1.165, 1.54) is 8.71 Å². The largest absolute Gasteiger partial charge is 0.381 e. The van der Waals surface area contributed by atoms with Crippen LogP contribution in [0.2, 0.25) is 5.15 Å². The van der Waals surface area contributed by atoms with Crippen molar-refractivity contribution in [2.24, 2.45) is 0 Å². The van der Waals surface area contributed by atoms with Crippen LogP contribution in [0.3, 0.4) is 0 Å². The van der Waals surface area contributed by atoms with E-state index in [1.54, 1.807) is 31.5 Å². The molecule has 0 aromatic carbocycles. The number of piperidine rings is 1. The van der Waals surface area contributed by atoms with Gasteiger partial charge in [0.25, 0.3) is 10.0 Å². The first-order valence-electron chi connectivity index (χ1n) is 6.69. The number of hydrogen-bond acceptors (Lipinski definition) is 4. The summed E-state index contributed by atoms with van der Waals surface area (Å²) in [5.74, 6) is 0. The average Bonchev–Trinajstić information content (AvgIpc) is 2.83. The predicted molar refractivity (Wildman–Crippen MR) is 79.0 cm³/mol. The highest BCUT2D eigenvalue weighted by atomic mass is 35.5. The molecule has 0 aliphatic carbocycles.